The standard InChI is InChI=1S/C13H16N4O3S/c1-7-8(2)16-17-12(7)15-13(18)9-4-10(14)6-11(5-9)21(3,19)20/h4-6H,14H2,1-3H3,(H2,15,16,17,18). The minimum absolute atomic E-state index is 0.00239. The van der Waals surface area contributed by atoms with Crippen molar-refractivity contribution in [2.45, 2.75) is 18.7 Å². The van der Waals surface area contributed by atoms with E-state index in [-0.39, 0.29) is 16.1 Å². The number of nitrogens with two attached hydrogens (primary N) is 1. The highest BCUT2D eigenvalue weighted by molar-refractivity contribution is 7.90. The Labute approximate surface area is 122 Å². The van der Waals surface area contributed by atoms with Crippen molar-refractivity contribution in [1.29, 1.82) is 0 Å². The normalized spacial score (nSPS) is 11.4. The van der Waals surface area contributed by atoms with Crippen LogP contribution in [-0.2, 0) is 9.84 Å². The van der Waals surface area contributed by atoms with Gasteiger partial charge in [0.25, 0.3) is 5.91 Å². The topological polar surface area (TPSA) is 118 Å². The molecule has 1 aromatic heterocycles. The van der Waals surface area contributed by atoms with Gasteiger partial charge < -0.3 is 11.1 Å². The fourth-order valence-electron chi connectivity index (χ4n) is 1.75. The highest BCUT2D eigenvalue weighted by Gasteiger charge is 2.15. The minimum atomic E-state index is -3.44. The van der Waals surface area contributed by atoms with Crippen LogP contribution in [0.5, 0.6) is 0 Å². The van der Waals surface area contributed by atoms with Crippen LogP contribution in [0.2, 0.25) is 0 Å². The van der Waals surface area contributed by atoms with Crippen LogP contribution in [0.3, 0.4) is 0 Å². The van der Waals surface area contributed by atoms with Crippen LogP contribution in [0.25, 0.3) is 0 Å². The van der Waals surface area contributed by atoms with Crippen molar-refractivity contribution in [2.75, 3.05) is 17.3 Å². The molecule has 0 fully saturated rings. The van der Waals surface area contributed by atoms with Gasteiger partial charge in [-0.2, -0.15) is 5.10 Å². The number of nitrogen functional groups attached to an aromatic ring is 1. The number of carbonyl (C=O) groups excluding carboxylic acids is 1. The molecule has 21 heavy (non-hydrogen) atoms. The van der Waals surface area contributed by atoms with E-state index < -0.39 is 15.7 Å². The molecule has 0 radical (unpaired) electrons. The number of aromatic amines is 1. The van der Waals surface area contributed by atoms with E-state index in [9.17, 15) is 13.2 Å². The molecule has 0 spiro atoms. The van der Waals surface area contributed by atoms with Crippen LogP contribution in [0.4, 0.5) is 11.5 Å². The second kappa shape index (κ2) is 5.21. The van der Waals surface area contributed by atoms with Crippen LogP contribution in [0.1, 0.15) is 21.6 Å². The highest BCUT2D eigenvalue weighted by Crippen LogP contribution is 2.19. The maximum atomic E-state index is 12.2. The van der Waals surface area contributed by atoms with E-state index in [1.165, 1.54) is 18.2 Å². The molecule has 0 unspecified atom stereocenters. The second-order valence-corrected chi connectivity index (χ2v) is 6.85. The Kier molecular flexibility index (Phi) is 3.73. The molecule has 2 rings (SSSR count). The fourth-order valence-corrected chi connectivity index (χ4v) is 2.44. The molecular formula is C13H16N4O3S. The van der Waals surface area contributed by atoms with Crippen LogP contribution in [0.15, 0.2) is 23.1 Å². The summed E-state index contributed by atoms with van der Waals surface area (Å²) < 4.78 is 23.1. The number of hydrogen-bond acceptors (Lipinski definition) is 5. The largest absolute Gasteiger partial charge is 0.399 e. The van der Waals surface area contributed by atoms with Gasteiger partial charge in [0.1, 0.15) is 0 Å². The van der Waals surface area contributed by atoms with E-state index in [1.54, 1.807) is 0 Å². The Balaban J connectivity index is 2.36. The zero-order valence-corrected chi connectivity index (χ0v) is 12.7. The molecule has 1 heterocycles. The van der Waals surface area contributed by atoms with E-state index in [2.05, 4.69) is 15.5 Å². The van der Waals surface area contributed by atoms with Gasteiger partial charge in [-0.1, -0.05) is 0 Å². The lowest BCUT2D eigenvalue weighted by atomic mass is 10.2. The summed E-state index contributed by atoms with van der Waals surface area (Å²) in [6.45, 7) is 3.65. The van der Waals surface area contributed by atoms with Gasteiger partial charge in [-0.3, -0.25) is 9.89 Å². The van der Waals surface area contributed by atoms with Gasteiger partial charge in [0.05, 0.1) is 4.90 Å². The molecule has 0 saturated heterocycles. The third-order valence-electron chi connectivity index (χ3n) is 3.10. The average Bonchev–Trinajstić information content (AvgIpc) is 2.69. The molecule has 4 N–H and O–H groups in total. The van der Waals surface area contributed by atoms with E-state index >= 15 is 0 Å². The van der Waals surface area contributed by atoms with Gasteiger partial charge >= 0.3 is 0 Å². The fraction of sp³-hybridized carbons (Fsp3) is 0.231. The molecule has 112 valence electrons. The van der Waals surface area contributed by atoms with Crippen molar-refractivity contribution < 1.29 is 13.2 Å². The summed E-state index contributed by atoms with van der Waals surface area (Å²) in [5.41, 5.74) is 7.68. The Morgan fingerprint density at radius 3 is 2.48 bits per heavy atom. The Bertz CT molecular complexity index is 809. The SMILES string of the molecule is Cc1[nH]nc(NC(=O)c2cc(N)cc(S(C)(=O)=O)c2)c1C. The number of carbonyl (C=O) groups is 1. The van der Waals surface area contributed by atoms with Gasteiger partial charge in [-0.25, -0.2) is 8.42 Å². The predicted molar refractivity (Wildman–Crippen MR) is 80.0 cm³/mol. The van der Waals surface area contributed by atoms with E-state index in [0.29, 0.717) is 5.82 Å². The summed E-state index contributed by atoms with van der Waals surface area (Å²) in [6, 6.07) is 4.02. The average molecular weight is 308 g/mol. The molecule has 1 amide bonds. The number of anilines is 2. The summed E-state index contributed by atoms with van der Waals surface area (Å²) >= 11 is 0. The first-order valence-electron chi connectivity index (χ1n) is 6.12. The van der Waals surface area contributed by atoms with Crippen LogP contribution in [0, 0.1) is 13.8 Å². The molecule has 0 saturated carbocycles. The molecule has 0 aliphatic rings. The number of amides is 1. The maximum absolute atomic E-state index is 12.2. The number of H-pyrrole nitrogens is 1. The third-order valence-corrected chi connectivity index (χ3v) is 4.20. The van der Waals surface area contributed by atoms with Crippen molar-refractivity contribution in [3.8, 4) is 0 Å². The van der Waals surface area contributed by atoms with Crippen molar-refractivity contribution >= 4 is 27.2 Å². The van der Waals surface area contributed by atoms with Crippen LogP contribution >= 0.6 is 0 Å². The molecule has 2 aromatic rings. The number of aromatic nitrogens is 2. The molecule has 1 aromatic carbocycles. The molecule has 7 nitrogen and oxygen atoms in total. The first-order chi connectivity index (χ1) is 9.68. The number of aryl methyl sites for hydroxylation is 1. The lowest BCUT2D eigenvalue weighted by Crippen LogP contribution is -2.14. The summed E-state index contributed by atoms with van der Waals surface area (Å²) in [4.78, 5) is 12.2. The van der Waals surface area contributed by atoms with Crippen LogP contribution in [-0.4, -0.2) is 30.8 Å². The first kappa shape index (κ1) is 15.0. The van der Waals surface area contributed by atoms with Gasteiger partial charge in [0.2, 0.25) is 0 Å². The Morgan fingerprint density at radius 2 is 1.95 bits per heavy atom. The molecule has 0 atom stereocenters. The van der Waals surface area contributed by atoms with E-state index in [1.807, 2.05) is 13.8 Å². The number of hydrogen-bond donors (Lipinski definition) is 3. The summed E-state index contributed by atoms with van der Waals surface area (Å²) in [5.74, 6) is -0.0670. The smallest absolute Gasteiger partial charge is 0.256 e. The van der Waals surface area contributed by atoms with Crippen molar-refractivity contribution in [3.05, 3.63) is 35.0 Å². The monoisotopic (exact) mass is 308 g/mol. The maximum Gasteiger partial charge on any atom is 0.256 e. The van der Waals surface area contributed by atoms with Crippen molar-refractivity contribution in [2.24, 2.45) is 0 Å². The zero-order chi connectivity index (χ0) is 15.8. The Hall–Kier alpha value is -2.35. The lowest BCUT2D eigenvalue weighted by molar-refractivity contribution is 0.102. The predicted octanol–water partition coefficient (Wildman–Crippen LogP) is 1.26. The molecule has 0 bridgehead atoms. The highest BCUT2D eigenvalue weighted by atomic mass is 32.2. The molecule has 0 aliphatic carbocycles. The summed E-state index contributed by atoms with van der Waals surface area (Å²) in [7, 11) is -3.44. The quantitative estimate of drug-likeness (QED) is 0.738. The first-order valence-corrected chi connectivity index (χ1v) is 8.01. The van der Waals surface area contributed by atoms with Crippen molar-refractivity contribution in [3.63, 3.8) is 0 Å². The number of rotatable bonds is 3. The summed E-state index contributed by atoms with van der Waals surface area (Å²) in [6.07, 6.45) is 1.06. The zero-order valence-electron chi connectivity index (χ0n) is 11.9. The van der Waals surface area contributed by atoms with E-state index in [0.717, 1.165) is 17.5 Å². The number of benzene rings is 1. The molecule has 0 aliphatic heterocycles. The number of nitrogens with one attached hydrogen (secondary N) is 2. The molecule has 8 heteroatoms. The van der Waals surface area contributed by atoms with Crippen LogP contribution < -0.4 is 11.1 Å². The number of sulfone groups is 1. The lowest BCUT2D eigenvalue weighted by Gasteiger charge is -2.07. The summed E-state index contributed by atoms with van der Waals surface area (Å²) in [5, 5.41) is 9.34. The van der Waals surface area contributed by atoms with Gasteiger partial charge in [0, 0.05) is 28.8 Å². The second-order valence-electron chi connectivity index (χ2n) is 4.84. The van der Waals surface area contributed by atoms with Gasteiger partial charge in [0.15, 0.2) is 15.7 Å². The Morgan fingerprint density at radius 1 is 1.29 bits per heavy atom. The number of nitrogens with zero attached hydrogens (tertiary/aromatic N) is 1. The van der Waals surface area contributed by atoms with Crippen molar-refractivity contribution in [1.82, 2.24) is 10.2 Å². The van der Waals surface area contributed by atoms with Gasteiger partial charge in [-0.15, -0.1) is 0 Å². The molecular weight excluding hydrogens is 292 g/mol. The van der Waals surface area contributed by atoms with E-state index in [4.69, 9.17) is 5.73 Å². The third kappa shape index (κ3) is 3.22. The van der Waals surface area contributed by atoms with Gasteiger partial charge in [-0.05, 0) is 32.0 Å². The minimum Gasteiger partial charge on any atom is -0.399 e.